The van der Waals surface area contributed by atoms with Gasteiger partial charge in [-0.25, -0.2) is 4.39 Å². The quantitative estimate of drug-likeness (QED) is 0.689. The maximum absolute atomic E-state index is 13.0. The van der Waals surface area contributed by atoms with E-state index in [1.54, 1.807) is 12.1 Å². The van der Waals surface area contributed by atoms with Crippen LogP contribution in [-0.4, -0.2) is 32.6 Å². The predicted octanol–water partition coefficient (Wildman–Crippen LogP) is 3.08. The van der Waals surface area contributed by atoms with Crippen LogP contribution in [0.3, 0.4) is 0 Å². The monoisotopic (exact) mass is 425 g/mol. The zero-order valence-corrected chi connectivity index (χ0v) is 15.8. The van der Waals surface area contributed by atoms with Gasteiger partial charge in [-0.2, -0.15) is 0 Å². The van der Waals surface area contributed by atoms with Crippen LogP contribution in [0.4, 0.5) is 4.39 Å². The summed E-state index contributed by atoms with van der Waals surface area (Å²) < 4.78 is 28.8. The molecule has 1 N–H and O–H groups in total. The van der Waals surface area contributed by atoms with E-state index in [1.807, 2.05) is 0 Å². The van der Waals surface area contributed by atoms with Gasteiger partial charge in [-0.1, -0.05) is 22.0 Å². The first-order valence-corrected chi connectivity index (χ1v) is 8.33. The Morgan fingerprint density at radius 3 is 2.46 bits per heavy atom. The Morgan fingerprint density at radius 1 is 1.08 bits per heavy atom. The molecule has 0 radical (unpaired) electrons. The highest BCUT2D eigenvalue weighted by Crippen LogP contribution is 2.27. The number of rotatable bonds is 7. The molecule has 6 nitrogen and oxygen atoms in total. The molecule has 0 aliphatic rings. The van der Waals surface area contributed by atoms with E-state index < -0.39 is 17.7 Å². The van der Waals surface area contributed by atoms with Crippen molar-refractivity contribution in [3.63, 3.8) is 0 Å². The second-order valence-corrected chi connectivity index (χ2v) is 6.00. The normalized spacial score (nSPS) is 10.2. The minimum absolute atomic E-state index is 0.0358. The molecule has 2 rings (SSSR count). The van der Waals surface area contributed by atoms with Crippen molar-refractivity contribution in [2.45, 2.75) is 6.61 Å². The van der Waals surface area contributed by atoms with Crippen molar-refractivity contribution in [1.29, 1.82) is 0 Å². The molecule has 0 unspecified atom stereocenters. The van der Waals surface area contributed by atoms with Crippen LogP contribution >= 0.6 is 15.9 Å². The number of esters is 1. The van der Waals surface area contributed by atoms with Gasteiger partial charge in [0.05, 0.1) is 14.2 Å². The largest absolute Gasteiger partial charge is 0.493 e. The fraction of sp³-hybridized carbons (Fsp3) is 0.222. The summed E-state index contributed by atoms with van der Waals surface area (Å²) in [5.41, 5.74) is 0.933. The van der Waals surface area contributed by atoms with Crippen LogP contribution < -0.4 is 14.8 Å². The van der Waals surface area contributed by atoms with E-state index in [1.165, 1.54) is 38.5 Å². The van der Waals surface area contributed by atoms with Crippen molar-refractivity contribution >= 4 is 27.8 Å². The topological polar surface area (TPSA) is 73.9 Å². The van der Waals surface area contributed by atoms with E-state index in [2.05, 4.69) is 21.2 Å². The van der Waals surface area contributed by atoms with Gasteiger partial charge < -0.3 is 19.5 Å². The number of methoxy groups -OCH3 is 2. The lowest BCUT2D eigenvalue weighted by molar-refractivity contribution is -0.143. The summed E-state index contributed by atoms with van der Waals surface area (Å²) >= 11 is 3.19. The summed E-state index contributed by atoms with van der Waals surface area (Å²) in [5, 5.41) is 2.47. The molecule has 0 atom stereocenters. The molecule has 0 aromatic heterocycles. The second-order valence-electron chi connectivity index (χ2n) is 5.15. The highest BCUT2D eigenvalue weighted by atomic mass is 79.9. The van der Waals surface area contributed by atoms with Gasteiger partial charge in [0.25, 0.3) is 5.91 Å². The SMILES string of the molecule is COc1ccc(C(=O)NCC(=O)OCc2ccc(F)cc2Br)cc1OC. The Kier molecular flexibility index (Phi) is 6.97. The van der Waals surface area contributed by atoms with Gasteiger partial charge in [0.15, 0.2) is 11.5 Å². The third-order valence-corrected chi connectivity index (χ3v) is 4.18. The molecule has 0 aliphatic carbocycles. The minimum Gasteiger partial charge on any atom is -0.493 e. The maximum atomic E-state index is 13.0. The molecule has 26 heavy (non-hydrogen) atoms. The van der Waals surface area contributed by atoms with Crippen molar-refractivity contribution in [3.05, 3.63) is 57.8 Å². The molecular weight excluding hydrogens is 409 g/mol. The van der Waals surface area contributed by atoms with Crippen LogP contribution in [0.5, 0.6) is 11.5 Å². The molecule has 0 aliphatic heterocycles. The van der Waals surface area contributed by atoms with Crippen LogP contribution in [0.25, 0.3) is 0 Å². The van der Waals surface area contributed by atoms with Gasteiger partial charge in [-0.3, -0.25) is 9.59 Å². The molecule has 0 saturated heterocycles. The minimum atomic E-state index is -0.616. The number of benzene rings is 2. The van der Waals surface area contributed by atoms with Gasteiger partial charge in [-0.05, 0) is 30.3 Å². The maximum Gasteiger partial charge on any atom is 0.325 e. The molecule has 2 aromatic carbocycles. The summed E-state index contributed by atoms with van der Waals surface area (Å²) in [6.07, 6.45) is 0. The molecule has 8 heteroatoms. The molecule has 138 valence electrons. The van der Waals surface area contributed by atoms with Crippen LogP contribution in [0.15, 0.2) is 40.9 Å². The average molecular weight is 426 g/mol. The molecule has 2 aromatic rings. The van der Waals surface area contributed by atoms with Gasteiger partial charge in [-0.15, -0.1) is 0 Å². The first kappa shape index (κ1) is 19.7. The van der Waals surface area contributed by atoms with Crippen LogP contribution in [0, 0.1) is 5.82 Å². The van der Waals surface area contributed by atoms with Crippen LogP contribution in [-0.2, 0) is 16.1 Å². The number of carbonyl (C=O) groups excluding carboxylic acids is 2. The highest BCUT2D eigenvalue weighted by Gasteiger charge is 2.13. The first-order valence-electron chi connectivity index (χ1n) is 7.54. The third-order valence-electron chi connectivity index (χ3n) is 3.44. The number of nitrogens with one attached hydrogen (secondary N) is 1. The van der Waals surface area contributed by atoms with E-state index in [0.717, 1.165) is 0 Å². The van der Waals surface area contributed by atoms with E-state index >= 15 is 0 Å². The van der Waals surface area contributed by atoms with Crippen molar-refractivity contribution < 1.29 is 28.2 Å². The van der Waals surface area contributed by atoms with Crippen molar-refractivity contribution in [3.8, 4) is 11.5 Å². The van der Waals surface area contributed by atoms with E-state index in [0.29, 0.717) is 27.1 Å². The molecule has 0 heterocycles. The lowest BCUT2D eigenvalue weighted by Gasteiger charge is -2.10. The van der Waals surface area contributed by atoms with Crippen molar-refractivity contribution in [1.82, 2.24) is 5.32 Å². The Labute approximate surface area is 158 Å². The fourth-order valence-electron chi connectivity index (χ4n) is 2.08. The van der Waals surface area contributed by atoms with Crippen molar-refractivity contribution in [2.75, 3.05) is 20.8 Å². The standard InChI is InChI=1S/C18H17BrFNO5/c1-24-15-6-4-11(7-16(15)25-2)18(23)21-9-17(22)26-10-12-3-5-13(20)8-14(12)19/h3-8H,9-10H2,1-2H3,(H,21,23). The molecular formula is C18H17BrFNO5. The Balaban J connectivity index is 1.87. The molecule has 0 saturated carbocycles. The molecule has 0 fully saturated rings. The summed E-state index contributed by atoms with van der Waals surface area (Å²) in [4.78, 5) is 23.9. The van der Waals surface area contributed by atoms with Crippen molar-refractivity contribution in [2.24, 2.45) is 0 Å². The number of carbonyl (C=O) groups is 2. The Morgan fingerprint density at radius 2 is 1.81 bits per heavy atom. The summed E-state index contributed by atoms with van der Waals surface area (Å²) in [6, 6.07) is 8.72. The summed E-state index contributed by atoms with van der Waals surface area (Å²) in [7, 11) is 2.96. The van der Waals surface area contributed by atoms with Crippen LogP contribution in [0.2, 0.25) is 0 Å². The highest BCUT2D eigenvalue weighted by molar-refractivity contribution is 9.10. The van der Waals surface area contributed by atoms with E-state index in [4.69, 9.17) is 14.2 Å². The lowest BCUT2D eigenvalue weighted by Crippen LogP contribution is -2.30. The average Bonchev–Trinajstić information content (AvgIpc) is 2.64. The number of hydrogen-bond acceptors (Lipinski definition) is 5. The van der Waals surface area contributed by atoms with Crippen LogP contribution in [0.1, 0.15) is 15.9 Å². The molecule has 0 spiro atoms. The Bertz CT molecular complexity index is 812. The second kappa shape index (κ2) is 9.19. The third kappa shape index (κ3) is 5.19. The van der Waals surface area contributed by atoms with Gasteiger partial charge in [0.1, 0.15) is 19.0 Å². The number of hydrogen-bond donors (Lipinski definition) is 1. The number of halogens is 2. The molecule has 1 amide bonds. The first-order chi connectivity index (χ1) is 12.4. The Hall–Kier alpha value is -2.61. The smallest absolute Gasteiger partial charge is 0.325 e. The van der Waals surface area contributed by atoms with Gasteiger partial charge in [0, 0.05) is 15.6 Å². The summed E-state index contributed by atoms with van der Waals surface area (Å²) in [6.45, 7) is -0.335. The summed E-state index contributed by atoms with van der Waals surface area (Å²) in [5.74, 6) is -0.563. The fourth-order valence-corrected chi connectivity index (χ4v) is 2.55. The number of ether oxygens (including phenoxy) is 3. The predicted molar refractivity (Wildman–Crippen MR) is 95.8 cm³/mol. The zero-order valence-electron chi connectivity index (χ0n) is 14.2. The van der Waals surface area contributed by atoms with Gasteiger partial charge >= 0.3 is 5.97 Å². The van der Waals surface area contributed by atoms with E-state index in [-0.39, 0.29) is 13.2 Å². The van der Waals surface area contributed by atoms with Gasteiger partial charge in [0.2, 0.25) is 0 Å². The lowest BCUT2D eigenvalue weighted by atomic mass is 10.2. The zero-order chi connectivity index (χ0) is 19.1. The van der Waals surface area contributed by atoms with E-state index in [9.17, 15) is 14.0 Å². The number of amides is 1. The molecule has 0 bridgehead atoms.